The lowest BCUT2D eigenvalue weighted by molar-refractivity contribution is 0.0666. The van der Waals surface area contributed by atoms with Crippen molar-refractivity contribution in [2.75, 3.05) is 6.54 Å². The molecule has 6 heteroatoms. The van der Waals surface area contributed by atoms with E-state index in [9.17, 15) is 13.6 Å². The number of carbonyl (C=O) groups is 1. The zero-order chi connectivity index (χ0) is 17.6. The second-order valence-corrected chi connectivity index (χ2v) is 6.02. The van der Waals surface area contributed by atoms with Gasteiger partial charge in [0.1, 0.15) is 11.6 Å². The van der Waals surface area contributed by atoms with Crippen LogP contribution in [0.15, 0.2) is 55.1 Å². The Morgan fingerprint density at radius 1 is 1.24 bits per heavy atom. The standard InChI is InChI=1S/C19H15F2N3O/c1-2-14-11-23(10-12-7-8-13(20)9-15(12)21)19(25)18-22-16-5-3-4-6-17(16)24(14)18/h2-9,14H,1,10-11H2/t14-/m0/s1. The molecule has 1 aliphatic rings. The van der Waals surface area contributed by atoms with Crippen LogP contribution in [0.1, 0.15) is 22.2 Å². The molecule has 0 aliphatic carbocycles. The van der Waals surface area contributed by atoms with E-state index in [0.29, 0.717) is 12.4 Å². The van der Waals surface area contributed by atoms with Gasteiger partial charge in [0.2, 0.25) is 5.82 Å². The Balaban J connectivity index is 1.75. The van der Waals surface area contributed by atoms with Gasteiger partial charge in [-0.25, -0.2) is 13.8 Å². The maximum absolute atomic E-state index is 14.0. The molecule has 3 aromatic rings. The molecule has 1 aromatic heterocycles. The quantitative estimate of drug-likeness (QED) is 0.683. The highest BCUT2D eigenvalue weighted by molar-refractivity contribution is 5.96. The average molecular weight is 339 g/mol. The van der Waals surface area contributed by atoms with E-state index in [-0.39, 0.29) is 24.1 Å². The first kappa shape index (κ1) is 15.5. The molecule has 0 radical (unpaired) electrons. The van der Waals surface area contributed by atoms with Crippen molar-refractivity contribution in [2.45, 2.75) is 12.6 Å². The summed E-state index contributed by atoms with van der Waals surface area (Å²) < 4.78 is 28.9. The number of hydrogen-bond acceptors (Lipinski definition) is 2. The van der Waals surface area contributed by atoms with Crippen LogP contribution in [0.5, 0.6) is 0 Å². The summed E-state index contributed by atoms with van der Waals surface area (Å²) in [5, 5.41) is 0. The van der Waals surface area contributed by atoms with E-state index in [4.69, 9.17) is 0 Å². The molecule has 1 aliphatic heterocycles. The van der Waals surface area contributed by atoms with Crippen LogP contribution in [0.2, 0.25) is 0 Å². The van der Waals surface area contributed by atoms with Crippen LogP contribution in [0.25, 0.3) is 11.0 Å². The highest BCUT2D eigenvalue weighted by Gasteiger charge is 2.33. The van der Waals surface area contributed by atoms with Gasteiger partial charge >= 0.3 is 0 Å². The highest BCUT2D eigenvalue weighted by atomic mass is 19.1. The number of para-hydroxylation sites is 2. The molecule has 1 atom stereocenters. The minimum Gasteiger partial charge on any atom is -0.329 e. The third kappa shape index (κ3) is 2.50. The molecule has 0 fully saturated rings. The first-order valence-electron chi connectivity index (χ1n) is 7.91. The normalized spacial score (nSPS) is 17.0. The van der Waals surface area contributed by atoms with Crippen LogP contribution in [0.3, 0.4) is 0 Å². The molecular formula is C19H15F2N3O. The third-order valence-electron chi connectivity index (χ3n) is 4.46. The molecule has 25 heavy (non-hydrogen) atoms. The molecular weight excluding hydrogens is 324 g/mol. The first-order valence-corrected chi connectivity index (χ1v) is 7.91. The lowest BCUT2D eigenvalue weighted by Gasteiger charge is -2.32. The number of fused-ring (bicyclic) bond motifs is 3. The summed E-state index contributed by atoms with van der Waals surface area (Å²) in [6.07, 6.45) is 1.75. The lowest BCUT2D eigenvalue weighted by atomic mass is 10.1. The van der Waals surface area contributed by atoms with Gasteiger partial charge in [-0.15, -0.1) is 6.58 Å². The lowest BCUT2D eigenvalue weighted by Crippen LogP contribution is -2.42. The highest BCUT2D eigenvalue weighted by Crippen LogP contribution is 2.29. The summed E-state index contributed by atoms with van der Waals surface area (Å²) in [6.45, 7) is 4.26. The van der Waals surface area contributed by atoms with Crippen molar-refractivity contribution >= 4 is 16.9 Å². The minimum absolute atomic E-state index is 0.0541. The molecule has 0 bridgehead atoms. The topological polar surface area (TPSA) is 38.1 Å². The van der Waals surface area contributed by atoms with Crippen molar-refractivity contribution < 1.29 is 13.6 Å². The van der Waals surface area contributed by atoms with Crippen molar-refractivity contribution in [1.29, 1.82) is 0 Å². The second kappa shape index (κ2) is 5.81. The number of halogens is 2. The van der Waals surface area contributed by atoms with Crippen LogP contribution < -0.4 is 0 Å². The van der Waals surface area contributed by atoms with Crippen LogP contribution >= 0.6 is 0 Å². The molecule has 0 unspecified atom stereocenters. The number of hydrogen-bond donors (Lipinski definition) is 0. The Labute approximate surface area is 143 Å². The molecule has 4 nitrogen and oxygen atoms in total. The number of benzene rings is 2. The average Bonchev–Trinajstić information content (AvgIpc) is 2.99. The molecule has 1 amide bonds. The van der Waals surface area contributed by atoms with Crippen molar-refractivity contribution in [2.24, 2.45) is 0 Å². The summed E-state index contributed by atoms with van der Waals surface area (Å²) in [4.78, 5) is 18.8. The second-order valence-electron chi connectivity index (χ2n) is 6.02. The van der Waals surface area contributed by atoms with E-state index in [0.717, 1.165) is 17.1 Å². The van der Waals surface area contributed by atoms with E-state index >= 15 is 0 Å². The van der Waals surface area contributed by atoms with Gasteiger partial charge in [0.05, 0.1) is 17.1 Å². The van der Waals surface area contributed by atoms with E-state index in [2.05, 4.69) is 11.6 Å². The van der Waals surface area contributed by atoms with Gasteiger partial charge in [-0.1, -0.05) is 24.3 Å². The Morgan fingerprint density at radius 2 is 2.04 bits per heavy atom. The van der Waals surface area contributed by atoms with Crippen LogP contribution in [0, 0.1) is 11.6 Å². The fourth-order valence-electron chi connectivity index (χ4n) is 3.23. The van der Waals surface area contributed by atoms with Gasteiger partial charge in [0.25, 0.3) is 5.91 Å². The number of nitrogens with zero attached hydrogens (tertiary/aromatic N) is 3. The Morgan fingerprint density at radius 3 is 2.80 bits per heavy atom. The maximum Gasteiger partial charge on any atom is 0.290 e. The summed E-state index contributed by atoms with van der Waals surface area (Å²) in [7, 11) is 0. The van der Waals surface area contributed by atoms with Crippen molar-refractivity contribution in [3.05, 3.63) is 78.1 Å². The predicted octanol–water partition coefficient (Wildman–Crippen LogP) is 3.70. The minimum atomic E-state index is -0.665. The molecule has 0 saturated carbocycles. The smallest absolute Gasteiger partial charge is 0.290 e. The summed E-state index contributed by atoms with van der Waals surface area (Å²) in [5.74, 6) is -1.28. The zero-order valence-corrected chi connectivity index (χ0v) is 13.3. The van der Waals surface area contributed by atoms with Gasteiger partial charge < -0.3 is 9.47 Å². The van der Waals surface area contributed by atoms with E-state index < -0.39 is 11.6 Å². The Hall–Kier alpha value is -3.02. The molecule has 0 saturated heterocycles. The van der Waals surface area contributed by atoms with E-state index in [1.807, 2.05) is 28.8 Å². The maximum atomic E-state index is 14.0. The fourth-order valence-corrected chi connectivity index (χ4v) is 3.23. The monoisotopic (exact) mass is 339 g/mol. The van der Waals surface area contributed by atoms with Crippen molar-refractivity contribution in [3.63, 3.8) is 0 Å². The molecule has 0 spiro atoms. The summed E-state index contributed by atoms with van der Waals surface area (Å²) >= 11 is 0. The number of aromatic nitrogens is 2. The largest absolute Gasteiger partial charge is 0.329 e. The molecule has 2 heterocycles. The van der Waals surface area contributed by atoms with Gasteiger partial charge in [-0.2, -0.15) is 0 Å². The molecule has 4 rings (SSSR count). The van der Waals surface area contributed by atoms with Gasteiger partial charge in [0.15, 0.2) is 0 Å². The SMILES string of the molecule is C=C[C@H]1CN(Cc2ccc(F)cc2F)C(=O)c2nc3ccccc3n21. The Bertz CT molecular complexity index is 995. The zero-order valence-electron chi connectivity index (χ0n) is 13.3. The summed E-state index contributed by atoms with van der Waals surface area (Å²) in [5.41, 5.74) is 1.86. The summed E-state index contributed by atoms with van der Waals surface area (Å²) in [6, 6.07) is 10.7. The van der Waals surface area contributed by atoms with Crippen LogP contribution in [-0.4, -0.2) is 26.9 Å². The van der Waals surface area contributed by atoms with E-state index in [1.165, 1.54) is 17.0 Å². The predicted molar refractivity (Wildman–Crippen MR) is 90.1 cm³/mol. The molecule has 2 aromatic carbocycles. The first-order chi connectivity index (χ1) is 12.1. The third-order valence-corrected chi connectivity index (χ3v) is 4.46. The number of rotatable bonds is 3. The number of amides is 1. The van der Waals surface area contributed by atoms with Gasteiger partial charge in [0, 0.05) is 24.7 Å². The van der Waals surface area contributed by atoms with Crippen molar-refractivity contribution in [1.82, 2.24) is 14.5 Å². The van der Waals surface area contributed by atoms with Gasteiger partial charge in [-0.05, 0) is 18.2 Å². The number of carbonyl (C=O) groups excluding carboxylic acids is 1. The Kier molecular flexibility index (Phi) is 3.60. The van der Waals surface area contributed by atoms with Crippen molar-refractivity contribution in [3.8, 4) is 0 Å². The van der Waals surface area contributed by atoms with Crippen LogP contribution in [0.4, 0.5) is 8.78 Å². The van der Waals surface area contributed by atoms with Crippen LogP contribution in [-0.2, 0) is 6.54 Å². The molecule has 0 N–H and O–H groups in total. The molecule has 126 valence electrons. The van der Waals surface area contributed by atoms with E-state index in [1.54, 1.807) is 6.08 Å². The fraction of sp³-hybridized carbons (Fsp3) is 0.158. The number of imidazole rings is 1. The van der Waals surface area contributed by atoms with Gasteiger partial charge in [-0.3, -0.25) is 4.79 Å².